The number of amides is 1. The molecule has 1 fully saturated rings. The second-order valence-electron chi connectivity index (χ2n) is 7.69. The average molecular weight is 466 g/mol. The van der Waals surface area contributed by atoms with Crippen LogP contribution in [0, 0.1) is 13.8 Å². The van der Waals surface area contributed by atoms with Crippen LogP contribution in [-0.4, -0.2) is 70.4 Å². The molecule has 1 amide bonds. The molecular formula is C22H28ClN3O4S. The van der Waals surface area contributed by atoms with E-state index >= 15 is 0 Å². The van der Waals surface area contributed by atoms with Crippen molar-refractivity contribution in [2.45, 2.75) is 18.7 Å². The Bertz CT molecular complexity index is 1070. The molecule has 2 aromatic carbocycles. The number of sulfonamides is 1. The summed E-state index contributed by atoms with van der Waals surface area (Å²) in [6.45, 7) is 6.00. The van der Waals surface area contributed by atoms with Crippen molar-refractivity contribution < 1.29 is 17.9 Å². The van der Waals surface area contributed by atoms with Gasteiger partial charge in [0.1, 0.15) is 5.75 Å². The third kappa shape index (κ3) is 5.14. The largest absolute Gasteiger partial charge is 0.496 e. The van der Waals surface area contributed by atoms with E-state index < -0.39 is 10.0 Å². The van der Waals surface area contributed by atoms with Gasteiger partial charge in [-0.15, -0.1) is 0 Å². The molecule has 0 radical (unpaired) electrons. The summed E-state index contributed by atoms with van der Waals surface area (Å²) in [5.74, 6) is 0.407. The normalized spacial score (nSPS) is 14.8. The molecule has 0 atom stereocenters. The molecule has 9 heteroatoms. The van der Waals surface area contributed by atoms with Gasteiger partial charge in [-0.2, -0.15) is 4.31 Å². The van der Waals surface area contributed by atoms with Crippen molar-refractivity contribution in [3.8, 4) is 5.75 Å². The van der Waals surface area contributed by atoms with Crippen LogP contribution >= 0.6 is 11.6 Å². The van der Waals surface area contributed by atoms with E-state index in [1.165, 1.54) is 20.2 Å². The zero-order valence-electron chi connectivity index (χ0n) is 18.3. The number of nitrogens with zero attached hydrogens (tertiary/aromatic N) is 3. The van der Waals surface area contributed by atoms with Gasteiger partial charge in [-0.1, -0.05) is 17.7 Å². The Kier molecular flexibility index (Phi) is 7.13. The van der Waals surface area contributed by atoms with E-state index in [0.29, 0.717) is 37.0 Å². The molecular weight excluding hydrogens is 438 g/mol. The topological polar surface area (TPSA) is 70.2 Å². The van der Waals surface area contributed by atoms with Gasteiger partial charge in [0.15, 0.2) is 0 Å². The molecule has 1 aliphatic rings. The number of halogens is 1. The van der Waals surface area contributed by atoms with E-state index in [4.69, 9.17) is 16.3 Å². The van der Waals surface area contributed by atoms with E-state index in [0.717, 1.165) is 21.1 Å². The highest BCUT2D eigenvalue weighted by Gasteiger charge is 2.28. The van der Waals surface area contributed by atoms with Gasteiger partial charge in [-0.05, 0) is 55.3 Å². The molecule has 0 spiro atoms. The predicted molar refractivity (Wildman–Crippen MR) is 123 cm³/mol. The Labute approximate surface area is 189 Å². The van der Waals surface area contributed by atoms with Gasteiger partial charge in [0, 0.05) is 43.9 Å². The summed E-state index contributed by atoms with van der Waals surface area (Å²) in [7, 11) is -0.814. The number of hydrogen-bond donors (Lipinski definition) is 0. The highest BCUT2D eigenvalue weighted by molar-refractivity contribution is 7.89. The molecule has 0 N–H and O–H groups in total. The summed E-state index contributed by atoms with van der Waals surface area (Å²) in [5.41, 5.74) is 2.91. The zero-order chi connectivity index (χ0) is 22.8. The molecule has 1 aliphatic heterocycles. The lowest BCUT2D eigenvalue weighted by atomic mass is 10.1. The molecule has 0 bridgehead atoms. The van der Waals surface area contributed by atoms with Gasteiger partial charge >= 0.3 is 0 Å². The number of piperazine rings is 1. The van der Waals surface area contributed by atoms with Crippen molar-refractivity contribution in [1.82, 2.24) is 9.21 Å². The Morgan fingerprint density at radius 1 is 1.06 bits per heavy atom. The summed E-state index contributed by atoms with van der Waals surface area (Å²) in [6.07, 6.45) is 0. The van der Waals surface area contributed by atoms with Gasteiger partial charge in [0.05, 0.1) is 18.6 Å². The maximum atomic E-state index is 12.9. The Morgan fingerprint density at radius 2 is 1.74 bits per heavy atom. The minimum absolute atomic E-state index is 0.141. The second kappa shape index (κ2) is 9.46. The van der Waals surface area contributed by atoms with Crippen LogP contribution in [0.2, 0.25) is 5.02 Å². The van der Waals surface area contributed by atoms with Crippen LogP contribution in [0.4, 0.5) is 5.69 Å². The van der Waals surface area contributed by atoms with Crippen LogP contribution in [0.5, 0.6) is 5.75 Å². The van der Waals surface area contributed by atoms with Gasteiger partial charge in [0.2, 0.25) is 15.9 Å². The molecule has 0 aliphatic carbocycles. The summed E-state index contributed by atoms with van der Waals surface area (Å²) in [6, 6.07) is 10.5. The maximum absolute atomic E-state index is 12.9. The first-order valence-corrected chi connectivity index (χ1v) is 11.8. The number of ether oxygens (including phenoxy) is 1. The lowest BCUT2D eigenvalue weighted by Gasteiger charge is -2.37. The van der Waals surface area contributed by atoms with Gasteiger partial charge < -0.3 is 14.5 Å². The first kappa shape index (κ1) is 23.4. The molecule has 0 saturated carbocycles. The van der Waals surface area contributed by atoms with E-state index in [1.54, 1.807) is 24.0 Å². The highest BCUT2D eigenvalue weighted by atomic mass is 35.5. The first-order valence-electron chi connectivity index (χ1n) is 10.0. The number of hydrogen-bond acceptors (Lipinski definition) is 5. The van der Waals surface area contributed by atoms with E-state index in [2.05, 4.69) is 4.90 Å². The molecule has 0 unspecified atom stereocenters. The minimum Gasteiger partial charge on any atom is -0.496 e. The Morgan fingerprint density at radius 3 is 2.35 bits per heavy atom. The number of aryl methyl sites for hydroxylation is 2. The third-order valence-electron chi connectivity index (χ3n) is 5.58. The lowest BCUT2D eigenvalue weighted by Crippen LogP contribution is -2.51. The molecule has 3 rings (SSSR count). The van der Waals surface area contributed by atoms with Crippen LogP contribution in [0.25, 0.3) is 0 Å². The van der Waals surface area contributed by atoms with Crippen molar-refractivity contribution >= 4 is 33.2 Å². The zero-order valence-corrected chi connectivity index (χ0v) is 19.8. The fraction of sp³-hybridized carbons (Fsp3) is 0.409. The average Bonchev–Trinajstić information content (AvgIpc) is 2.75. The Hall–Kier alpha value is -2.29. The Balaban J connectivity index is 1.62. The minimum atomic E-state index is -3.78. The van der Waals surface area contributed by atoms with Crippen molar-refractivity contribution in [2.75, 3.05) is 51.8 Å². The van der Waals surface area contributed by atoms with E-state index in [1.807, 2.05) is 25.1 Å². The molecule has 1 heterocycles. The fourth-order valence-corrected chi connectivity index (χ4v) is 5.06. The summed E-state index contributed by atoms with van der Waals surface area (Å²) in [5, 5.41) is 0.680. The number of methoxy groups -OCH3 is 1. The molecule has 0 aromatic heterocycles. The van der Waals surface area contributed by atoms with Crippen LogP contribution in [0.15, 0.2) is 41.3 Å². The SMILES string of the molecule is COc1ccc(S(=O)(=O)N(C)CC(=O)N2CCN(c3cc(Cl)ccc3C)CC2)cc1C. The van der Waals surface area contributed by atoms with Crippen LogP contribution in [-0.2, 0) is 14.8 Å². The van der Waals surface area contributed by atoms with Crippen molar-refractivity contribution in [2.24, 2.45) is 0 Å². The van der Waals surface area contributed by atoms with Crippen LogP contribution < -0.4 is 9.64 Å². The van der Waals surface area contributed by atoms with Gasteiger partial charge in [-0.3, -0.25) is 4.79 Å². The van der Waals surface area contributed by atoms with Crippen molar-refractivity contribution in [3.05, 3.63) is 52.5 Å². The number of carbonyl (C=O) groups is 1. The standard InChI is InChI=1S/C22H28ClN3O4S/c1-16-5-6-18(23)14-20(16)25-9-11-26(12-10-25)22(27)15-24(3)31(28,29)19-7-8-21(30-4)17(2)13-19/h5-8,13-14H,9-12,15H2,1-4H3. The predicted octanol–water partition coefficient (Wildman–Crippen LogP) is 2.93. The van der Waals surface area contributed by atoms with Crippen molar-refractivity contribution in [1.29, 1.82) is 0 Å². The summed E-state index contributed by atoms with van der Waals surface area (Å²) >= 11 is 6.13. The monoisotopic (exact) mass is 465 g/mol. The van der Waals surface area contributed by atoms with Crippen LogP contribution in [0.3, 0.4) is 0 Å². The molecule has 168 valence electrons. The lowest BCUT2D eigenvalue weighted by molar-refractivity contribution is -0.131. The summed E-state index contributed by atoms with van der Waals surface area (Å²) < 4.78 is 32.1. The van der Waals surface area contributed by atoms with E-state index in [9.17, 15) is 13.2 Å². The quantitative estimate of drug-likeness (QED) is 0.656. The number of anilines is 1. The fourth-order valence-electron chi connectivity index (χ4n) is 3.69. The number of likely N-dealkylation sites (N-methyl/N-ethyl adjacent to an activating group) is 1. The maximum Gasteiger partial charge on any atom is 0.243 e. The van der Waals surface area contributed by atoms with Crippen LogP contribution in [0.1, 0.15) is 11.1 Å². The summed E-state index contributed by atoms with van der Waals surface area (Å²) in [4.78, 5) is 16.8. The smallest absolute Gasteiger partial charge is 0.243 e. The van der Waals surface area contributed by atoms with Gasteiger partial charge in [-0.25, -0.2) is 8.42 Å². The molecule has 1 saturated heterocycles. The molecule has 7 nitrogen and oxygen atoms in total. The molecule has 31 heavy (non-hydrogen) atoms. The number of rotatable bonds is 6. The highest BCUT2D eigenvalue weighted by Crippen LogP contribution is 2.26. The third-order valence-corrected chi connectivity index (χ3v) is 7.61. The number of benzene rings is 2. The number of carbonyl (C=O) groups excluding carboxylic acids is 1. The van der Waals surface area contributed by atoms with Crippen molar-refractivity contribution in [3.63, 3.8) is 0 Å². The molecule has 2 aromatic rings. The van der Waals surface area contributed by atoms with E-state index in [-0.39, 0.29) is 17.3 Å². The first-order chi connectivity index (χ1) is 14.6. The van der Waals surface area contributed by atoms with Gasteiger partial charge in [0.25, 0.3) is 0 Å². The second-order valence-corrected chi connectivity index (χ2v) is 10.2.